The summed E-state index contributed by atoms with van der Waals surface area (Å²) in [5.74, 6) is 0. The summed E-state index contributed by atoms with van der Waals surface area (Å²) in [6.07, 6.45) is 3.58. The van der Waals surface area contributed by atoms with E-state index in [1.807, 2.05) is 38.1 Å². The Kier molecular flexibility index (Phi) is 4.06. The van der Waals surface area contributed by atoms with Gasteiger partial charge in [-0.3, -0.25) is 4.40 Å². The van der Waals surface area contributed by atoms with E-state index in [2.05, 4.69) is 47.9 Å². The molecule has 0 radical (unpaired) electrons. The van der Waals surface area contributed by atoms with Crippen LogP contribution in [0.1, 0.15) is 25.1 Å². The number of aromatic nitrogens is 3. The van der Waals surface area contributed by atoms with Gasteiger partial charge in [0.1, 0.15) is 5.65 Å². The van der Waals surface area contributed by atoms with Crippen molar-refractivity contribution in [2.24, 2.45) is 0 Å². The lowest BCUT2D eigenvalue weighted by atomic mass is 9.78. The average molecular weight is 419 g/mol. The summed E-state index contributed by atoms with van der Waals surface area (Å²) < 4.78 is 14.3. The maximum atomic E-state index is 6.13. The van der Waals surface area contributed by atoms with E-state index < -0.39 is 7.12 Å². The molecule has 5 aromatic rings. The Balaban J connectivity index is 1.76. The molecule has 5 nitrogen and oxygen atoms in total. The highest BCUT2D eigenvalue weighted by Gasteiger charge is 2.38. The van der Waals surface area contributed by atoms with Crippen molar-refractivity contribution in [3.8, 4) is 0 Å². The molecule has 1 aliphatic heterocycles. The van der Waals surface area contributed by atoms with Gasteiger partial charge >= 0.3 is 7.12 Å². The fourth-order valence-electron chi connectivity index (χ4n) is 4.58. The van der Waals surface area contributed by atoms with Crippen LogP contribution >= 0.6 is 0 Å². The number of para-hydroxylation sites is 2. The van der Waals surface area contributed by atoms with Gasteiger partial charge in [-0.05, 0) is 49.7 Å². The number of hydrogen-bond donors (Lipinski definition) is 0. The molecule has 1 fully saturated rings. The van der Waals surface area contributed by atoms with Crippen LogP contribution in [0.15, 0.2) is 61.7 Å². The zero-order valence-corrected chi connectivity index (χ0v) is 18.1. The Morgan fingerprint density at radius 3 is 2.59 bits per heavy atom. The predicted octanol–water partition coefficient (Wildman–Crippen LogP) is 5.00. The molecule has 6 heteroatoms. The first-order valence-electron chi connectivity index (χ1n) is 10.7. The number of nitrogens with zero attached hydrogens (tertiary/aromatic N) is 3. The number of fused-ring (bicyclic) bond motifs is 8. The molecule has 0 unspecified atom stereocenters. The van der Waals surface area contributed by atoms with Crippen molar-refractivity contribution in [3.05, 3.63) is 72.9 Å². The summed E-state index contributed by atoms with van der Waals surface area (Å²) in [5, 5.41) is 1.99. The fraction of sp³-hybridized carbons (Fsp3) is 0.154. The van der Waals surface area contributed by atoms with Gasteiger partial charge in [0.25, 0.3) is 0 Å². The summed E-state index contributed by atoms with van der Waals surface area (Å²) in [6.45, 7) is 12.6. The van der Waals surface area contributed by atoms with E-state index in [1.165, 1.54) is 0 Å². The smallest absolute Gasteiger partial charge is 0.404 e. The van der Waals surface area contributed by atoms with E-state index >= 15 is 0 Å². The van der Waals surface area contributed by atoms with Crippen molar-refractivity contribution in [2.45, 2.75) is 19.4 Å². The molecule has 3 aromatic heterocycles. The van der Waals surface area contributed by atoms with Crippen molar-refractivity contribution in [2.75, 3.05) is 6.61 Å². The van der Waals surface area contributed by atoms with Gasteiger partial charge in [0.05, 0.1) is 40.0 Å². The zero-order valence-electron chi connectivity index (χ0n) is 18.1. The molecule has 6 rings (SSSR count). The van der Waals surface area contributed by atoms with Crippen LogP contribution in [0.3, 0.4) is 0 Å². The molecule has 156 valence electrons. The third kappa shape index (κ3) is 2.73. The molecule has 0 amide bonds. The summed E-state index contributed by atoms with van der Waals surface area (Å²) >= 11 is 0. The standard InChI is InChI=1S/C26H22BN3O2/c1-5-16-13-19-24(28-20(16)6-2)18-14-17(27-31-15-26(3,4)32-27)11-12-22(18)30-23-10-8-7-9-21(23)29-25(19)30/h5-14H,1-2,15H2,3-4H3. The summed E-state index contributed by atoms with van der Waals surface area (Å²) in [5.41, 5.74) is 7.20. The van der Waals surface area contributed by atoms with Crippen LogP contribution < -0.4 is 5.46 Å². The van der Waals surface area contributed by atoms with E-state index in [0.29, 0.717) is 6.61 Å². The minimum atomic E-state index is -0.397. The van der Waals surface area contributed by atoms with Gasteiger partial charge < -0.3 is 9.31 Å². The van der Waals surface area contributed by atoms with E-state index in [-0.39, 0.29) is 5.60 Å². The summed E-state index contributed by atoms with van der Waals surface area (Å²) in [7, 11) is -0.397. The van der Waals surface area contributed by atoms with Crippen molar-refractivity contribution >= 4 is 63.2 Å². The highest BCUT2D eigenvalue weighted by atomic mass is 16.7. The Bertz CT molecular complexity index is 1590. The topological polar surface area (TPSA) is 48.7 Å². The van der Waals surface area contributed by atoms with Crippen LogP contribution in [0, 0.1) is 0 Å². The van der Waals surface area contributed by atoms with E-state index in [1.54, 1.807) is 6.08 Å². The van der Waals surface area contributed by atoms with Crippen molar-refractivity contribution in [3.63, 3.8) is 0 Å². The molecule has 0 atom stereocenters. The second-order valence-electron chi connectivity index (χ2n) is 8.82. The molecule has 1 aliphatic rings. The van der Waals surface area contributed by atoms with Crippen LogP contribution in [0.4, 0.5) is 0 Å². The molecule has 0 N–H and O–H groups in total. The quantitative estimate of drug-likeness (QED) is 0.305. The van der Waals surface area contributed by atoms with Gasteiger partial charge in [0.2, 0.25) is 0 Å². The van der Waals surface area contributed by atoms with Gasteiger partial charge in [-0.1, -0.05) is 43.5 Å². The van der Waals surface area contributed by atoms with Crippen LogP contribution in [0.25, 0.3) is 50.6 Å². The molecule has 2 aromatic carbocycles. The summed E-state index contributed by atoms with van der Waals surface area (Å²) in [6, 6.07) is 16.6. The highest BCUT2D eigenvalue weighted by Crippen LogP contribution is 2.33. The molecule has 4 heterocycles. The Morgan fingerprint density at radius 2 is 1.84 bits per heavy atom. The Morgan fingerprint density at radius 1 is 1.00 bits per heavy atom. The normalized spacial score (nSPS) is 15.9. The molecular weight excluding hydrogens is 397 g/mol. The summed E-state index contributed by atoms with van der Waals surface area (Å²) in [4.78, 5) is 9.94. The number of pyridine rings is 2. The molecule has 0 spiro atoms. The molecule has 32 heavy (non-hydrogen) atoms. The minimum absolute atomic E-state index is 0.306. The van der Waals surface area contributed by atoms with Crippen LogP contribution in [-0.2, 0) is 9.31 Å². The van der Waals surface area contributed by atoms with E-state index in [9.17, 15) is 0 Å². The number of imidazole rings is 1. The second kappa shape index (κ2) is 6.76. The maximum Gasteiger partial charge on any atom is 0.494 e. The van der Waals surface area contributed by atoms with Gasteiger partial charge in [-0.15, -0.1) is 0 Å². The highest BCUT2D eigenvalue weighted by molar-refractivity contribution is 6.62. The largest absolute Gasteiger partial charge is 0.494 e. The predicted molar refractivity (Wildman–Crippen MR) is 132 cm³/mol. The van der Waals surface area contributed by atoms with Crippen molar-refractivity contribution in [1.82, 2.24) is 14.4 Å². The second-order valence-corrected chi connectivity index (χ2v) is 8.82. The first-order chi connectivity index (χ1) is 15.5. The maximum absolute atomic E-state index is 6.13. The number of hydrogen-bond acceptors (Lipinski definition) is 4. The monoisotopic (exact) mass is 419 g/mol. The Labute approximate surface area is 186 Å². The first kappa shape index (κ1) is 19.2. The Hall–Kier alpha value is -3.48. The van der Waals surface area contributed by atoms with Crippen LogP contribution in [-0.4, -0.2) is 33.7 Å². The molecule has 1 saturated heterocycles. The van der Waals surface area contributed by atoms with E-state index in [0.717, 1.165) is 55.2 Å². The minimum Gasteiger partial charge on any atom is -0.404 e. The molecular formula is C26H22BN3O2. The lowest BCUT2D eigenvalue weighted by Crippen LogP contribution is -2.34. The molecule has 0 saturated carbocycles. The fourth-order valence-corrected chi connectivity index (χ4v) is 4.58. The molecule has 0 aliphatic carbocycles. The van der Waals surface area contributed by atoms with Crippen LogP contribution in [0.2, 0.25) is 0 Å². The third-order valence-electron chi connectivity index (χ3n) is 6.10. The van der Waals surface area contributed by atoms with Crippen molar-refractivity contribution in [1.29, 1.82) is 0 Å². The lowest BCUT2D eigenvalue weighted by molar-refractivity contribution is 0.137. The average Bonchev–Trinajstić information content (AvgIpc) is 3.38. The number of benzene rings is 2. The lowest BCUT2D eigenvalue weighted by Gasteiger charge is -2.16. The van der Waals surface area contributed by atoms with Gasteiger partial charge in [-0.25, -0.2) is 9.97 Å². The molecule has 0 bridgehead atoms. The van der Waals surface area contributed by atoms with E-state index in [4.69, 9.17) is 19.3 Å². The van der Waals surface area contributed by atoms with Gasteiger partial charge in [-0.2, -0.15) is 0 Å². The third-order valence-corrected chi connectivity index (χ3v) is 6.10. The van der Waals surface area contributed by atoms with Crippen LogP contribution in [0.5, 0.6) is 0 Å². The van der Waals surface area contributed by atoms with Gasteiger partial charge in [0, 0.05) is 16.3 Å². The SMILES string of the molecule is C=Cc1cc2c(nc1C=C)c1cc(B3OCC(C)(C)O3)ccc1n1c3ccccc3nc21. The number of rotatable bonds is 3. The van der Waals surface area contributed by atoms with Crippen molar-refractivity contribution < 1.29 is 9.31 Å². The first-order valence-corrected chi connectivity index (χ1v) is 10.7. The zero-order chi connectivity index (χ0) is 22.0. The van der Waals surface area contributed by atoms with Gasteiger partial charge in [0.15, 0.2) is 0 Å².